The number of nitrogens with zero attached hydrogens (tertiary/aromatic N) is 3. The highest BCUT2D eigenvalue weighted by atomic mass is 16.5. The topological polar surface area (TPSA) is 64.3 Å². The molecule has 0 aliphatic carbocycles. The van der Waals surface area contributed by atoms with E-state index in [-0.39, 0.29) is 5.95 Å². The van der Waals surface area contributed by atoms with Crippen LogP contribution in [0, 0.1) is 0 Å². The number of ether oxygens (including phenoxy) is 1. The van der Waals surface area contributed by atoms with Crippen LogP contribution in [-0.2, 0) is 0 Å². The van der Waals surface area contributed by atoms with Gasteiger partial charge in [-0.3, -0.25) is 0 Å². The molecular weight excluding hydrogens is 216 g/mol. The molecule has 0 aromatic carbocycles. The molecule has 2 heterocycles. The maximum Gasteiger partial charge on any atom is 0.225 e. The van der Waals surface area contributed by atoms with Crippen molar-refractivity contribution in [3.05, 3.63) is 6.07 Å². The molecule has 1 unspecified atom stereocenters. The number of piperidine rings is 1. The Morgan fingerprint density at radius 3 is 3.00 bits per heavy atom. The van der Waals surface area contributed by atoms with Gasteiger partial charge < -0.3 is 15.4 Å². The van der Waals surface area contributed by atoms with Gasteiger partial charge in [0.15, 0.2) is 0 Å². The number of anilines is 2. The number of nitrogen functional groups attached to an aromatic ring is 1. The molecule has 1 aliphatic rings. The first-order valence-electron chi connectivity index (χ1n) is 6.19. The first-order valence-corrected chi connectivity index (χ1v) is 6.19. The van der Waals surface area contributed by atoms with Gasteiger partial charge in [0.05, 0.1) is 7.11 Å². The van der Waals surface area contributed by atoms with E-state index in [1.54, 1.807) is 7.11 Å². The lowest BCUT2D eigenvalue weighted by molar-refractivity contribution is 0.396. The largest absolute Gasteiger partial charge is 0.481 e. The molecule has 94 valence electrons. The monoisotopic (exact) mass is 236 g/mol. The molecule has 2 rings (SSSR count). The van der Waals surface area contributed by atoms with Crippen molar-refractivity contribution in [1.82, 2.24) is 9.97 Å². The van der Waals surface area contributed by atoms with Crippen LogP contribution in [0.25, 0.3) is 0 Å². The second kappa shape index (κ2) is 5.21. The zero-order valence-corrected chi connectivity index (χ0v) is 10.5. The Bertz CT molecular complexity index is 383. The molecule has 1 saturated heterocycles. The highest BCUT2D eigenvalue weighted by Gasteiger charge is 2.22. The average molecular weight is 236 g/mol. The van der Waals surface area contributed by atoms with Gasteiger partial charge in [-0.25, -0.2) is 0 Å². The third-order valence-electron chi connectivity index (χ3n) is 3.31. The smallest absolute Gasteiger partial charge is 0.225 e. The molecule has 0 bridgehead atoms. The van der Waals surface area contributed by atoms with Crippen molar-refractivity contribution in [2.45, 2.75) is 38.6 Å². The Hall–Kier alpha value is -1.52. The van der Waals surface area contributed by atoms with Gasteiger partial charge in [0, 0.05) is 18.7 Å². The Balaban J connectivity index is 2.27. The maximum absolute atomic E-state index is 5.70. The van der Waals surface area contributed by atoms with E-state index < -0.39 is 0 Å². The molecule has 17 heavy (non-hydrogen) atoms. The van der Waals surface area contributed by atoms with Crippen LogP contribution >= 0.6 is 0 Å². The van der Waals surface area contributed by atoms with E-state index in [1.165, 1.54) is 19.3 Å². The van der Waals surface area contributed by atoms with E-state index in [2.05, 4.69) is 21.8 Å². The predicted molar refractivity (Wildman–Crippen MR) is 68.3 cm³/mol. The summed E-state index contributed by atoms with van der Waals surface area (Å²) in [6, 6.07) is 2.42. The lowest BCUT2D eigenvalue weighted by atomic mass is 10.0. The molecule has 1 aromatic rings. The van der Waals surface area contributed by atoms with E-state index in [9.17, 15) is 0 Å². The van der Waals surface area contributed by atoms with E-state index in [0.29, 0.717) is 11.9 Å². The van der Waals surface area contributed by atoms with Gasteiger partial charge in [-0.05, 0) is 25.7 Å². The molecule has 0 saturated carbocycles. The summed E-state index contributed by atoms with van der Waals surface area (Å²) in [4.78, 5) is 10.7. The van der Waals surface area contributed by atoms with E-state index in [4.69, 9.17) is 10.5 Å². The Kier molecular flexibility index (Phi) is 3.66. The lowest BCUT2D eigenvalue weighted by Gasteiger charge is -2.36. The summed E-state index contributed by atoms with van der Waals surface area (Å²) in [7, 11) is 1.60. The Morgan fingerprint density at radius 1 is 1.47 bits per heavy atom. The van der Waals surface area contributed by atoms with Crippen LogP contribution in [0.15, 0.2) is 6.07 Å². The first-order chi connectivity index (χ1) is 8.24. The molecule has 2 N–H and O–H groups in total. The summed E-state index contributed by atoms with van der Waals surface area (Å²) < 4.78 is 5.14. The highest BCUT2D eigenvalue weighted by Crippen LogP contribution is 2.27. The highest BCUT2D eigenvalue weighted by molar-refractivity contribution is 5.46. The summed E-state index contributed by atoms with van der Waals surface area (Å²) in [5.74, 6) is 1.70. The van der Waals surface area contributed by atoms with Crippen LogP contribution in [0.2, 0.25) is 0 Å². The Morgan fingerprint density at radius 2 is 2.29 bits per heavy atom. The Labute approximate surface area is 102 Å². The lowest BCUT2D eigenvalue weighted by Crippen LogP contribution is -2.39. The molecule has 1 aliphatic heterocycles. The summed E-state index contributed by atoms with van der Waals surface area (Å²) >= 11 is 0. The molecule has 5 nitrogen and oxygen atoms in total. The molecule has 0 spiro atoms. The van der Waals surface area contributed by atoms with Crippen molar-refractivity contribution < 1.29 is 4.74 Å². The number of aromatic nitrogens is 2. The standard InChI is InChI=1S/C12H20N4O/c1-3-9-6-4-5-7-16(9)10-8-11(17-2)15-12(13)14-10/h8-9H,3-7H2,1-2H3,(H2,13,14,15). The molecule has 1 fully saturated rings. The minimum absolute atomic E-state index is 0.278. The van der Waals surface area contributed by atoms with Crippen molar-refractivity contribution in [3.63, 3.8) is 0 Å². The van der Waals surface area contributed by atoms with Crippen molar-refractivity contribution >= 4 is 11.8 Å². The third kappa shape index (κ3) is 2.60. The fraction of sp³-hybridized carbons (Fsp3) is 0.667. The van der Waals surface area contributed by atoms with Crippen LogP contribution < -0.4 is 15.4 Å². The minimum Gasteiger partial charge on any atom is -0.481 e. The van der Waals surface area contributed by atoms with Gasteiger partial charge in [-0.2, -0.15) is 9.97 Å². The minimum atomic E-state index is 0.278. The molecule has 1 aromatic heterocycles. The number of methoxy groups -OCH3 is 1. The van der Waals surface area contributed by atoms with Crippen LogP contribution in [0.1, 0.15) is 32.6 Å². The number of hydrogen-bond donors (Lipinski definition) is 1. The molecule has 5 heteroatoms. The zero-order valence-electron chi connectivity index (χ0n) is 10.5. The third-order valence-corrected chi connectivity index (χ3v) is 3.31. The average Bonchev–Trinajstić information content (AvgIpc) is 2.37. The van der Waals surface area contributed by atoms with Gasteiger partial charge in [0.2, 0.25) is 11.8 Å². The summed E-state index contributed by atoms with van der Waals surface area (Å²) in [5, 5.41) is 0. The number of hydrogen-bond acceptors (Lipinski definition) is 5. The van der Waals surface area contributed by atoms with Gasteiger partial charge in [-0.1, -0.05) is 6.92 Å². The molecule has 1 atom stereocenters. The number of rotatable bonds is 3. The van der Waals surface area contributed by atoms with Crippen molar-refractivity contribution in [2.24, 2.45) is 0 Å². The van der Waals surface area contributed by atoms with Crippen molar-refractivity contribution in [1.29, 1.82) is 0 Å². The van der Waals surface area contributed by atoms with Gasteiger partial charge >= 0.3 is 0 Å². The van der Waals surface area contributed by atoms with Crippen LogP contribution in [-0.4, -0.2) is 29.7 Å². The quantitative estimate of drug-likeness (QED) is 0.867. The van der Waals surface area contributed by atoms with E-state index >= 15 is 0 Å². The van der Waals surface area contributed by atoms with Gasteiger partial charge in [0.25, 0.3) is 0 Å². The molecular formula is C12H20N4O. The van der Waals surface area contributed by atoms with E-state index in [0.717, 1.165) is 18.8 Å². The first kappa shape index (κ1) is 12.0. The van der Waals surface area contributed by atoms with Crippen LogP contribution in [0.4, 0.5) is 11.8 Å². The predicted octanol–water partition coefficient (Wildman–Crippen LogP) is 1.84. The normalized spacial score (nSPS) is 20.4. The second-order valence-corrected chi connectivity index (χ2v) is 4.38. The summed E-state index contributed by atoms with van der Waals surface area (Å²) in [6.07, 6.45) is 4.87. The van der Waals surface area contributed by atoms with Crippen LogP contribution in [0.3, 0.4) is 0 Å². The summed E-state index contributed by atoms with van der Waals surface area (Å²) in [6.45, 7) is 3.25. The fourth-order valence-electron chi connectivity index (χ4n) is 2.41. The van der Waals surface area contributed by atoms with E-state index in [1.807, 2.05) is 6.07 Å². The molecule has 0 radical (unpaired) electrons. The van der Waals surface area contributed by atoms with Crippen LogP contribution in [0.5, 0.6) is 5.88 Å². The van der Waals surface area contributed by atoms with Gasteiger partial charge in [-0.15, -0.1) is 0 Å². The zero-order chi connectivity index (χ0) is 12.3. The number of nitrogens with two attached hydrogens (primary N) is 1. The maximum atomic E-state index is 5.70. The summed E-state index contributed by atoms with van der Waals surface area (Å²) in [5.41, 5.74) is 5.70. The fourth-order valence-corrected chi connectivity index (χ4v) is 2.41. The SMILES string of the molecule is CCC1CCCCN1c1cc(OC)nc(N)n1. The second-order valence-electron chi connectivity index (χ2n) is 4.38. The van der Waals surface area contributed by atoms with Gasteiger partial charge in [0.1, 0.15) is 5.82 Å². The van der Waals surface area contributed by atoms with Crippen molar-refractivity contribution in [2.75, 3.05) is 24.3 Å². The molecule has 0 amide bonds. The van der Waals surface area contributed by atoms with Crippen molar-refractivity contribution in [3.8, 4) is 5.88 Å².